The largest absolute Gasteiger partial charge is 0.370 e. The van der Waals surface area contributed by atoms with Crippen LogP contribution >= 0.6 is 0 Å². The summed E-state index contributed by atoms with van der Waals surface area (Å²) in [7, 11) is 0. The van der Waals surface area contributed by atoms with Gasteiger partial charge in [-0.2, -0.15) is 0 Å². The summed E-state index contributed by atoms with van der Waals surface area (Å²) >= 11 is 0. The van der Waals surface area contributed by atoms with Crippen LogP contribution < -0.4 is 5.32 Å². The highest BCUT2D eigenvalue weighted by Gasteiger charge is 2.31. The molecule has 4 heteroatoms. The van der Waals surface area contributed by atoms with Crippen LogP contribution in [0.5, 0.6) is 0 Å². The maximum Gasteiger partial charge on any atom is 0.223 e. The first-order valence-corrected chi connectivity index (χ1v) is 7.57. The van der Waals surface area contributed by atoms with Gasteiger partial charge in [-0.25, -0.2) is 4.98 Å². The Morgan fingerprint density at radius 1 is 1.45 bits per heavy atom. The molecule has 1 atom stereocenters. The summed E-state index contributed by atoms with van der Waals surface area (Å²) in [5.41, 5.74) is 0.962. The number of carbonyl (C=O) groups is 1. The summed E-state index contributed by atoms with van der Waals surface area (Å²) in [5.74, 6) is 2.21. The minimum absolute atomic E-state index is 0.262. The molecule has 1 amide bonds. The zero-order valence-electron chi connectivity index (χ0n) is 12.7. The second-order valence-corrected chi connectivity index (χ2v) is 5.92. The van der Waals surface area contributed by atoms with Gasteiger partial charge in [-0.3, -0.25) is 4.79 Å². The second-order valence-electron chi connectivity index (χ2n) is 5.92. The monoisotopic (exact) mass is 275 g/mol. The minimum Gasteiger partial charge on any atom is -0.370 e. The molecule has 20 heavy (non-hydrogen) atoms. The second kappa shape index (κ2) is 6.73. The molecule has 0 bridgehead atoms. The average Bonchev–Trinajstić information content (AvgIpc) is 2.79. The van der Waals surface area contributed by atoms with Gasteiger partial charge in [0, 0.05) is 19.5 Å². The number of nitrogens with zero attached hydrogens (tertiary/aromatic N) is 2. The predicted molar refractivity (Wildman–Crippen MR) is 81.4 cm³/mol. The van der Waals surface area contributed by atoms with Crippen molar-refractivity contribution in [2.75, 3.05) is 18.4 Å². The lowest BCUT2D eigenvalue weighted by Gasteiger charge is -2.18. The van der Waals surface area contributed by atoms with Gasteiger partial charge in [0.05, 0.1) is 12.2 Å². The van der Waals surface area contributed by atoms with Crippen LogP contribution in [-0.4, -0.2) is 28.9 Å². The molecule has 1 fully saturated rings. The van der Waals surface area contributed by atoms with E-state index < -0.39 is 0 Å². The maximum absolute atomic E-state index is 12.0. The standard InChI is InChI=1S/C16H25N3O/c1-4-8-17-15-7-5-6-14(18-15)11-19-10-13(12(2)3)9-16(19)20/h5-7,12-13H,4,8-11H2,1-3H3,(H,17,18). The Hall–Kier alpha value is -1.58. The number of anilines is 1. The van der Waals surface area contributed by atoms with E-state index >= 15 is 0 Å². The first-order valence-electron chi connectivity index (χ1n) is 7.57. The van der Waals surface area contributed by atoms with Crippen LogP contribution in [0.4, 0.5) is 5.82 Å². The SMILES string of the molecule is CCCNc1cccc(CN2CC(C(C)C)CC2=O)n1. The van der Waals surface area contributed by atoms with Gasteiger partial charge in [-0.1, -0.05) is 26.8 Å². The number of aromatic nitrogens is 1. The lowest BCUT2D eigenvalue weighted by Crippen LogP contribution is -2.25. The van der Waals surface area contributed by atoms with E-state index in [4.69, 9.17) is 0 Å². The van der Waals surface area contributed by atoms with Gasteiger partial charge in [0.1, 0.15) is 5.82 Å². The molecule has 0 spiro atoms. The topological polar surface area (TPSA) is 45.2 Å². The van der Waals surface area contributed by atoms with Crippen molar-refractivity contribution in [1.29, 1.82) is 0 Å². The molecule has 1 unspecified atom stereocenters. The molecular weight excluding hydrogens is 250 g/mol. The Labute approximate surface area is 121 Å². The fourth-order valence-corrected chi connectivity index (χ4v) is 2.52. The Morgan fingerprint density at radius 3 is 2.90 bits per heavy atom. The van der Waals surface area contributed by atoms with Crippen LogP contribution in [0.1, 0.15) is 39.3 Å². The smallest absolute Gasteiger partial charge is 0.223 e. The number of pyridine rings is 1. The van der Waals surface area contributed by atoms with Crippen molar-refractivity contribution in [2.45, 2.75) is 40.2 Å². The number of hydrogen-bond donors (Lipinski definition) is 1. The molecule has 1 N–H and O–H groups in total. The van der Waals surface area contributed by atoms with Crippen LogP contribution in [0.3, 0.4) is 0 Å². The zero-order chi connectivity index (χ0) is 14.5. The zero-order valence-corrected chi connectivity index (χ0v) is 12.7. The van der Waals surface area contributed by atoms with Crippen molar-refractivity contribution in [3.63, 3.8) is 0 Å². The van der Waals surface area contributed by atoms with Crippen LogP contribution in [0, 0.1) is 11.8 Å². The summed E-state index contributed by atoms with van der Waals surface area (Å²) in [4.78, 5) is 18.5. The normalized spacial score (nSPS) is 18.9. The van der Waals surface area contributed by atoms with E-state index in [1.54, 1.807) is 0 Å². The molecule has 1 saturated heterocycles. The Kier molecular flexibility index (Phi) is 4.99. The van der Waals surface area contributed by atoms with Crippen LogP contribution in [0.25, 0.3) is 0 Å². The Bertz CT molecular complexity index is 459. The summed E-state index contributed by atoms with van der Waals surface area (Å²) < 4.78 is 0. The summed E-state index contributed by atoms with van der Waals surface area (Å²) in [6.45, 7) is 8.93. The highest BCUT2D eigenvalue weighted by Crippen LogP contribution is 2.25. The molecule has 1 aliphatic heterocycles. The van der Waals surface area contributed by atoms with Crippen molar-refractivity contribution in [2.24, 2.45) is 11.8 Å². The van der Waals surface area contributed by atoms with E-state index in [-0.39, 0.29) is 5.91 Å². The highest BCUT2D eigenvalue weighted by atomic mass is 16.2. The van der Waals surface area contributed by atoms with Gasteiger partial charge in [0.15, 0.2) is 0 Å². The summed E-state index contributed by atoms with van der Waals surface area (Å²) in [6.07, 6.45) is 1.76. The van der Waals surface area contributed by atoms with Crippen molar-refractivity contribution in [3.8, 4) is 0 Å². The van der Waals surface area contributed by atoms with Crippen molar-refractivity contribution >= 4 is 11.7 Å². The molecule has 110 valence electrons. The number of hydrogen-bond acceptors (Lipinski definition) is 3. The van der Waals surface area contributed by atoms with Gasteiger partial charge in [-0.15, -0.1) is 0 Å². The Balaban J connectivity index is 1.98. The van der Waals surface area contributed by atoms with E-state index in [1.165, 1.54) is 0 Å². The van der Waals surface area contributed by atoms with Gasteiger partial charge < -0.3 is 10.2 Å². The third kappa shape index (κ3) is 3.71. The highest BCUT2D eigenvalue weighted by molar-refractivity contribution is 5.78. The Morgan fingerprint density at radius 2 is 2.25 bits per heavy atom. The predicted octanol–water partition coefficient (Wildman–Crippen LogP) is 2.91. The fourth-order valence-electron chi connectivity index (χ4n) is 2.52. The molecule has 0 aromatic carbocycles. The van der Waals surface area contributed by atoms with Crippen LogP contribution in [0.15, 0.2) is 18.2 Å². The molecule has 4 nitrogen and oxygen atoms in total. The van der Waals surface area contributed by atoms with E-state index in [0.29, 0.717) is 24.8 Å². The van der Waals surface area contributed by atoms with E-state index in [1.807, 2.05) is 23.1 Å². The average molecular weight is 275 g/mol. The number of likely N-dealkylation sites (tertiary alicyclic amines) is 1. The van der Waals surface area contributed by atoms with Crippen LogP contribution in [0.2, 0.25) is 0 Å². The molecule has 1 aromatic heterocycles. The molecule has 0 aliphatic carbocycles. The van der Waals surface area contributed by atoms with E-state index in [0.717, 1.165) is 31.0 Å². The first kappa shape index (κ1) is 14.8. The minimum atomic E-state index is 0.262. The lowest BCUT2D eigenvalue weighted by molar-refractivity contribution is -0.128. The van der Waals surface area contributed by atoms with Crippen molar-refractivity contribution in [3.05, 3.63) is 23.9 Å². The fraction of sp³-hybridized carbons (Fsp3) is 0.625. The van der Waals surface area contributed by atoms with E-state index in [2.05, 4.69) is 31.1 Å². The van der Waals surface area contributed by atoms with Crippen molar-refractivity contribution in [1.82, 2.24) is 9.88 Å². The molecule has 0 radical (unpaired) electrons. The quantitative estimate of drug-likeness (QED) is 0.868. The number of amides is 1. The van der Waals surface area contributed by atoms with Gasteiger partial charge in [0.2, 0.25) is 5.91 Å². The maximum atomic E-state index is 12.0. The number of carbonyl (C=O) groups excluding carboxylic acids is 1. The van der Waals surface area contributed by atoms with Crippen LogP contribution in [-0.2, 0) is 11.3 Å². The third-order valence-corrected chi connectivity index (χ3v) is 3.90. The number of nitrogens with one attached hydrogen (secondary N) is 1. The molecule has 1 aromatic rings. The van der Waals surface area contributed by atoms with Gasteiger partial charge in [0.25, 0.3) is 0 Å². The third-order valence-electron chi connectivity index (χ3n) is 3.90. The molecule has 2 heterocycles. The first-order chi connectivity index (χ1) is 9.60. The molecular formula is C16H25N3O. The van der Waals surface area contributed by atoms with Gasteiger partial charge in [-0.05, 0) is 30.4 Å². The molecule has 1 aliphatic rings. The lowest BCUT2D eigenvalue weighted by atomic mass is 9.95. The van der Waals surface area contributed by atoms with Gasteiger partial charge >= 0.3 is 0 Å². The number of rotatable bonds is 6. The molecule has 2 rings (SSSR count). The summed E-state index contributed by atoms with van der Waals surface area (Å²) in [6, 6.07) is 5.97. The molecule has 0 saturated carbocycles. The summed E-state index contributed by atoms with van der Waals surface area (Å²) in [5, 5.41) is 3.28. The van der Waals surface area contributed by atoms with Crippen molar-refractivity contribution < 1.29 is 4.79 Å². The van der Waals surface area contributed by atoms with E-state index in [9.17, 15) is 4.79 Å².